The van der Waals surface area contributed by atoms with Crippen LogP contribution in [0.25, 0.3) is 11.1 Å². The van der Waals surface area contributed by atoms with Crippen LogP contribution in [-0.2, 0) is 9.47 Å². The molecule has 0 saturated heterocycles. The average molecular weight is 529 g/mol. The van der Waals surface area contributed by atoms with Crippen LogP contribution < -0.4 is 10.6 Å². The second kappa shape index (κ2) is 12.6. The van der Waals surface area contributed by atoms with E-state index in [2.05, 4.69) is 34.9 Å². The number of carbonyl (C=O) groups excluding carboxylic acids is 3. The lowest BCUT2D eigenvalue weighted by Crippen LogP contribution is -2.41. The minimum absolute atomic E-state index is 0.0645. The Kier molecular flexibility index (Phi) is 9.02. The lowest BCUT2D eigenvalue weighted by Gasteiger charge is -2.20. The van der Waals surface area contributed by atoms with Crippen molar-refractivity contribution in [2.75, 3.05) is 13.2 Å². The van der Waals surface area contributed by atoms with Crippen molar-refractivity contribution in [2.45, 2.75) is 57.6 Å². The third-order valence-electron chi connectivity index (χ3n) is 6.60. The minimum Gasteiger partial charge on any atom is -0.449 e. The van der Waals surface area contributed by atoms with E-state index in [0.29, 0.717) is 31.4 Å². The van der Waals surface area contributed by atoms with Crippen LogP contribution in [0.1, 0.15) is 67.4 Å². The highest BCUT2D eigenvalue weighted by molar-refractivity contribution is 6.01. The molecule has 4 rings (SSSR count). The number of rotatable bonds is 10. The van der Waals surface area contributed by atoms with Gasteiger partial charge in [-0.15, -0.1) is 0 Å². The fraction of sp³-hybridized carbons (Fsp3) is 0.344. The highest BCUT2D eigenvalue weighted by Crippen LogP contribution is 2.44. The van der Waals surface area contributed by atoms with Gasteiger partial charge < -0.3 is 20.1 Å². The molecule has 7 nitrogen and oxygen atoms in total. The summed E-state index contributed by atoms with van der Waals surface area (Å²) < 4.78 is 10.9. The number of ketones is 1. The largest absolute Gasteiger partial charge is 0.449 e. The first-order valence-electron chi connectivity index (χ1n) is 13.4. The molecular formula is C32H36N2O5. The number of amides is 2. The molecule has 0 aromatic heterocycles. The number of hydrogen-bond acceptors (Lipinski definition) is 5. The molecule has 0 saturated carbocycles. The molecule has 3 aromatic rings. The standard InChI is InChI=1S/C32H36N2O5/c1-32(2,3)39-30(36)33-20-12-11-19-28(29(35)22-13-5-4-6-14-22)34-31(37)38-21-27-25-17-9-7-15-23(25)24-16-8-10-18-26(24)27/h4-10,13-18,27-28H,11-12,19-21H2,1-3H3,(H,33,36)(H,34,37)/t28-/m0/s1. The summed E-state index contributed by atoms with van der Waals surface area (Å²) in [6, 6.07) is 24.4. The fourth-order valence-corrected chi connectivity index (χ4v) is 4.83. The topological polar surface area (TPSA) is 93.7 Å². The van der Waals surface area contributed by atoms with Crippen LogP contribution in [0.5, 0.6) is 0 Å². The Morgan fingerprint density at radius 3 is 2.00 bits per heavy atom. The third-order valence-corrected chi connectivity index (χ3v) is 6.60. The summed E-state index contributed by atoms with van der Waals surface area (Å²) in [7, 11) is 0. The molecule has 0 radical (unpaired) electrons. The van der Waals surface area contributed by atoms with E-state index in [9.17, 15) is 14.4 Å². The molecule has 204 valence electrons. The molecule has 2 N–H and O–H groups in total. The van der Waals surface area contributed by atoms with E-state index in [0.717, 1.165) is 22.3 Å². The molecule has 39 heavy (non-hydrogen) atoms. The number of ether oxygens (including phenoxy) is 2. The third kappa shape index (κ3) is 7.47. The molecule has 1 atom stereocenters. The number of alkyl carbamates (subject to hydrolysis) is 2. The van der Waals surface area contributed by atoms with Crippen molar-refractivity contribution in [3.05, 3.63) is 95.6 Å². The average Bonchev–Trinajstić information content (AvgIpc) is 3.24. The number of hydrogen-bond donors (Lipinski definition) is 2. The Morgan fingerprint density at radius 1 is 0.795 bits per heavy atom. The van der Waals surface area contributed by atoms with Crippen molar-refractivity contribution in [1.29, 1.82) is 0 Å². The van der Waals surface area contributed by atoms with Gasteiger partial charge in [-0.3, -0.25) is 4.79 Å². The van der Waals surface area contributed by atoms with Crippen LogP contribution >= 0.6 is 0 Å². The Bertz CT molecular complexity index is 1250. The van der Waals surface area contributed by atoms with E-state index in [4.69, 9.17) is 9.47 Å². The number of carbonyl (C=O) groups is 3. The second-order valence-corrected chi connectivity index (χ2v) is 10.7. The van der Waals surface area contributed by atoms with Crippen LogP contribution in [0.15, 0.2) is 78.9 Å². The second-order valence-electron chi connectivity index (χ2n) is 10.7. The van der Waals surface area contributed by atoms with Crippen LogP contribution in [0, 0.1) is 0 Å². The summed E-state index contributed by atoms with van der Waals surface area (Å²) in [6.07, 6.45) is 0.551. The van der Waals surface area contributed by atoms with Gasteiger partial charge in [-0.05, 0) is 62.3 Å². The molecule has 0 heterocycles. The number of benzene rings is 3. The Balaban J connectivity index is 1.35. The van der Waals surface area contributed by atoms with Gasteiger partial charge in [0.25, 0.3) is 0 Å². The molecule has 0 aliphatic heterocycles. The van der Waals surface area contributed by atoms with Gasteiger partial charge in [0.15, 0.2) is 5.78 Å². The maximum atomic E-state index is 13.2. The summed E-state index contributed by atoms with van der Waals surface area (Å²) in [4.78, 5) is 38.0. The summed E-state index contributed by atoms with van der Waals surface area (Å²) in [5, 5.41) is 5.52. The number of fused-ring (bicyclic) bond motifs is 3. The molecule has 1 aliphatic rings. The van der Waals surface area contributed by atoms with E-state index in [-0.39, 0.29) is 18.3 Å². The molecule has 1 aliphatic carbocycles. The fourth-order valence-electron chi connectivity index (χ4n) is 4.83. The van der Waals surface area contributed by atoms with E-state index < -0.39 is 23.8 Å². The smallest absolute Gasteiger partial charge is 0.407 e. The molecule has 0 spiro atoms. The lowest BCUT2D eigenvalue weighted by atomic mass is 9.98. The highest BCUT2D eigenvalue weighted by atomic mass is 16.6. The molecule has 0 bridgehead atoms. The van der Waals surface area contributed by atoms with E-state index >= 15 is 0 Å². The van der Waals surface area contributed by atoms with Gasteiger partial charge in [0.05, 0.1) is 6.04 Å². The minimum atomic E-state index is -0.746. The zero-order valence-electron chi connectivity index (χ0n) is 22.7. The molecule has 0 unspecified atom stereocenters. The van der Waals surface area contributed by atoms with Crippen LogP contribution in [0.2, 0.25) is 0 Å². The molecule has 3 aromatic carbocycles. The maximum absolute atomic E-state index is 13.2. The van der Waals surface area contributed by atoms with E-state index in [1.54, 1.807) is 45.0 Å². The lowest BCUT2D eigenvalue weighted by molar-refractivity contribution is 0.0526. The van der Waals surface area contributed by atoms with E-state index in [1.165, 1.54) is 0 Å². The van der Waals surface area contributed by atoms with Crippen LogP contribution in [0.3, 0.4) is 0 Å². The summed E-state index contributed by atoms with van der Waals surface area (Å²) in [5.74, 6) is -0.241. The first kappa shape index (κ1) is 27.9. The maximum Gasteiger partial charge on any atom is 0.407 e. The number of Topliss-reactive ketones (excluding diaryl/α,β-unsaturated/α-hetero) is 1. The van der Waals surface area contributed by atoms with Crippen molar-refractivity contribution in [3.8, 4) is 11.1 Å². The Labute approximate surface area is 229 Å². The first-order chi connectivity index (χ1) is 18.7. The van der Waals surface area contributed by atoms with Crippen molar-refractivity contribution in [3.63, 3.8) is 0 Å². The molecular weight excluding hydrogens is 492 g/mol. The van der Waals surface area contributed by atoms with Crippen LogP contribution in [-0.4, -0.2) is 42.8 Å². The van der Waals surface area contributed by atoms with Gasteiger partial charge in [-0.25, -0.2) is 9.59 Å². The monoisotopic (exact) mass is 528 g/mol. The summed E-state index contributed by atoms with van der Waals surface area (Å²) in [6.45, 7) is 6.00. The van der Waals surface area contributed by atoms with Gasteiger partial charge in [-0.1, -0.05) is 78.9 Å². The summed E-state index contributed by atoms with van der Waals surface area (Å²) >= 11 is 0. The van der Waals surface area contributed by atoms with Crippen LogP contribution in [0.4, 0.5) is 9.59 Å². The predicted molar refractivity (Wildman–Crippen MR) is 151 cm³/mol. The number of nitrogens with one attached hydrogen (secondary N) is 2. The van der Waals surface area contributed by atoms with Crippen molar-refractivity contribution in [2.24, 2.45) is 0 Å². The highest BCUT2D eigenvalue weighted by Gasteiger charge is 2.30. The van der Waals surface area contributed by atoms with Gasteiger partial charge in [0, 0.05) is 18.0 Å². The van der Waals surface area contributed by atoms with Crippen molar-refractivity contribution < 1.29 is 23.9 Å². The Hall–Kier alpha value is -4.13. The molecule has 7 heteroatoms. The van der Waals surface area contributed by atoms with Gasteiger partial charge in [0.1, 0.15) is 12.2 Å². The van der Waals surface area contributed by atoms with Crippen molar-refractivity contribution in [1.82, 2.24) is 10.6 Å². The SMILES string of the molecule is CC(C)(C)OC(=O)NCCCC[C@H](NC(=O)OCC1c2ccccc2-c2ccccc21)C(=O)c1ccccc1. The number of unbranched alkanes of at least 4 members (excludes halogenated alkanes) is 1. The van der Waals surface area contributed by atoms with Gasteiger partial charge in [-0.2, -0.15) is 0 Å². The zero-order valence-corrected chi connectivity index (χ0v) is 22.7. The molecule has 0 fully saturated rings. The zero-order chi connectivity index (χ0) is 27.8. The quantitative estimate of drug-likeness (QED) is 0.232. The predicted octanol–water partition coefficient (Wildman–Crippen LogP) is 6.47. The van der Waals surface area contributed by atoms with Gasteiger partial charge in [0.2, 0.25) is 0 Å². The Morgan fingerprint density at radius 2 is 1.38 bits per heavy atom. The van der Waals surface area contributed by atoms with Gasteiger partial charge >= 0.3 is 12.2 Å². The van der Waals surface area contributed by atoms with Crippen molar-refractivity contribution >= 4 is 18.0 Å². The summed E-state index contributed by atoms with van der Waals surface area (Å²) in [5.41, 5.74) is 4.51. The first-order valence-corrected chi connectivity index (χ1v) is 13.4. The molecule has 2 amide bonds. The van der Waals surface area contributed by atoms with E-state index in [1.807, 2.05) is 30.3 Å². The normalized spacial score (nSPS) is 13.1.